The molecule has 4 aliphatic carbocycles. The maximum absolute atomic E-state index is 12.2. The van der Waals surface area contributed by atoms with E-state index in [0.29, 0.717) is 19.3 Å². The quantitative estimate of drug-likeness (QED) is 0.110. The van der Waals surface area contributed by atoms with Gasteiger partial charge in [0.2, 0.25) is 0 Å². The van der Waals surface area contributed by atoms with Crippen LogP contribution >= 0.6 is 15.9 Å². The fourth-order valence-corrected chi connectivity index (χ4v) is 9.61. The number of esters is 3. The van der Waals surface area contributed by atoms with Crippen molar-refractivity contribution < 1.29 is 57.6 Å². The van der Waals surface area contributed by atoms with Gasteiger partial charge in [-0.2, -0.15) is 0 Å². The Balaban J connectivity index is 0.000000227. The number of hydrogen-bond acceptors (Lipinski definition) is 13. The number of carbonyl (C=O) groups excluding carboxylic acids is 3. The van der Waals surface area contributed by atoms with E-state index in [-0.39, 0.29) is 84.4 Å². The third-order valence-electron chi connectivity index (χ3n) is 13.7. The maximum Gasteiger partial charge on any atom is 0.494 e. The number of rotatable bonds is 11. The summed E-state index contributed by atoms with van der Waals surface area (Å²) in [5.74, 6) is 1.78. The Bertz CT molecular complexity index is 1930. The van der Waals surface area contributed by atoms with Gasteiger partial charge in [-0.05, 0) is 208 Å². The fraction of sp³-hybridized carbons (Fsp3) is 0.732. The lowest BCUT2D eigenvalue weighted by atomic mass is 9.79. The lowest BCUT2D eigenvalue weighted by molar-refractivity contribution is -0.157. The summed E-state index contributed by atoms with van der Waals surface area (Å²) in [5, 5.41) is 18.4. The van der Waals surface area contributed by atoms with Crippen molar-refractivity contribution in [2.45, 2.75) is 245 Å². The van der Waals surface area contributed by atoms with Gasteiger partial charge < -0.3 is 48.9 Å². The summed E-state index contributed by atoms with van der Waals surface area (Å²) in [4.78, 5) is 35.6. The van der Waals surface area contributed by atoms with Crippen LogP contribution in [0.5, 0.6) is 11.5 Å². The van der Waals surface area contributed by atoms with E-state index in [4.69, 9.17) is 43.8 Å². The van der Waals surface area contributed by atoms with Crippen LogP contribution in [0.3, 0.4) is 0 Å². The van der Waals surface area contributed by atoms with Crippen LogP contribution in [0, 0.1) is 17.8 Å². The van der Waals surface area contributed by atoms with E-state index in [2.05, 4.69) is 43.6 Å². The second-order valence-corrected chi connectivity index (χ2v) is 25.0. The molecule has 8 atom stereocenters. The molecule has 71 heavy (non-hydrogen) atoms. The van der Waals surface area contributed by atoms with Gasteiger partial charge >= 0.3 is 25.0 Å². The highest BCUT2D eigenvalue weighted by Crippen LogP contribution is 2.38. The Morgan fingerprint density at radius 2 is 0.915 bits per heavy atom. The fourth-order valence-electron chi connectivity index (χ4n) is 9.34. The van der Waals surface area contributed by atoms with E-state index in [1.165, 1.54) is 0 Å². The summed E-state index contributed by atoms with van der Waals surface area (Å²) in [7, 11) is -0.375. The Kier molecular flexibility index (Phi) is 22.4. The predicted molar refractivity (Wildman–Crippen MR) is 282 cm³/mol. The summed E-state index contributed by atoms with van der Waals surface area (Å²) in [6, 6.07) is 15.8. The zero-order valence-electron chi connectivity index (χ0n) is 45.4. The van der Waals surface area contributed by atoms with E-state index < -0.39 is 16.8 Å². The SMILES string of the molecule is CC(C)(C)OC(=O)CC1CCCC1O.CC(C)(C)OC(=O)CC1CCCC1Oc1ccc(B2OC(C)(C)C(C)(C)O2)cc1.CC(C)(C)OC(=O)CC1CCCC1Oc1ccc(Br)cc1.NC1CCCC1O. The van der Waals surface area contributed by atoms with Crippen molar-refractivity contribution >= 4 is 46.4 Å². The molecule has 13 nitrogen and oxygen atoms in total. The van der Waals surface area contributed by atoms with Gasteiger partial charge in [0.15, 0.2) is 0 Å². The van der Waals surface area contributed by atoms with Crippen LogP contribution in [-0.2, 0) is 37.9 Å². The van der Waals surface area contributed by atoms with Gasteiger partial charge in [-0.1, -0.05) is 34.5 Å². The molecule has 4 saturated carbocycles. The second kappa shape index (κ2) is 26.3. The average molecular weight is 1060 g/mol. The third kappa shape index (κ3) is 21.3. The van der Waals surface area contributed by atoms with E-state index in [1.807, 2.05) is 111 Å². The minimum atomic E-state index is -0.449. The number of ether oxygens (including phenoxy) is 5. The van der Waals surface area contributed by atoms with Crippen molar-refractivity contribution in [3.8, 4) is 11.5 Å². The van der Waals surface area contributed by atoms with Gasteiger partial charge in [0, 0.05) is 22.4 Å². The lowest BCUT2D eigenvalue weighted by Crippen LogP contribution is -2.41. The molecule has 1 aliphatic heterocycles. The highest BCUT2D eigenvalue weighted by molar-refractivity contribution is 9.10. The Morgan fingerprint density at radius 3 is 1.25 bits per heavy atom. The molecule has 8 unspecified atom stereocenters. The molecule has 1 saturated heterocycles. The number of benzene rings is 2. The van der Waals surface area contributed by atoms with Crippen LogP contribution in [0.15, 0.2) is 53.0 Å². The van der Waals surface area contributed by atoms with Crippen LogP contribution in [0.4, 0.5) is 0 Å². The predicted octanol–water partition coefficient (Wildman–Crippen LogP) is 10.7. The molecule has 0 amide bonds. The van der Waals surface area contributed by atoms with Gasteiger partial charge in [0.1, 0.15) is 40.5 Å². The van der Waals surface area contributed by atoms with Crippen molar-refractivity contribution in [3.05, 3.63) is 53.0 Å². The second-order valence-electron chi connectivity index (χ2n) is 24.1. The first-order chi connectivity index (χ1) is 32.9. The molecule has 1 heterocycles. The molecule has 5 aliphatic rings. The highest BCUT2D eigenvalue weighted by atomic mass is 79.9. The molecule has 0 aromatic heterocycles. The van der Waals surface area contributed by atoms with Crippen LogP contribution in [0.25, 0.3) is 0 Å². The summed E-state index contributed by atoms with van der Waals surface area (Å²) in [6.45, 7) is 25.2. The minimum absolute atomic E-state index is 0.0465. The molecule has 5 fully saturated rings. The minimum Gasteiger partial charge on any atom is -0.490 e. The first-order valence-corrected chi connectivity index (χ1v) is 27.0. The largest absolute Gasteiger partial charge is 0.494 e. The first kappa shape index (κ1) is 60.4. The van der Waals surface area contributed by atoms with Gasteiger partial charge in [0.05, 0.1) is 42.7 Å². The molecule has 0 bridgehead atoms. The lowest BCUT2D eigenvalue weighted by Gasteiger charge is -2.32. The molecule has 4 N–H and O–H groups in total. The van der Waals surface area contributed by atoms with E-state index in [9.17, 15) is 19.5 Å². The summed E-state index contributed by atoms with van der Waals surface area (Å²) in [6.07, 6.45) is 12.8. The number of nitrogens with two attached hydrogens (primary N) is 1. The molecule has 7 rings (SSSR count). The van der Waals surface area contributed by atoms with Crippen molar-refractivity contribution in [3.63, 3.8) is 0 Å². The molecular weight excluding hydrogens is 969 g/mol. The highest BCUT2D eigenvalue weighted by Gasteiger charge is 2.51. The monoisotopic (exact) mass is 1060 g/mol. The molecule has 2 aromatic rings. The number of hydrogen-bond donors (Lipinski definition) is 3. The van der Waals surface area contributed by atoms with Gasteiger partial charge in [-0.3, -0.25) is 14.4 Å². The average Bonchev–Trinajstić information content (AvgIpc) is 4.07. The molecular formula is C56H89BBrNO12. The maximum atomic E-state index is 12.2. The summed E-state index contributed by atoms with van der Waals surface area (Å²) >= 11 is 3.41. The van der Waals surface area contributed by atoms with E-state index in [0.717, 1.165) is 98.5 Å². The first-order valence-electron chi connectivity index (χ1n) is 26.2. The number of halogens is 1. The topological polar surface area (TPSA) is 182 Å². The van der Waals surface area contributed by atoms with Crippen molar-refractivity contribution in [2.24, 2.45) is 23.5 Å². The Hall–Kier alpha value is -3.21. The molecule has 15 heteroatoms. The Labute approximate surface area is 435 Å². The normalized spacial score (nSPS) is 26.7. The molecule has 0 spiro atoms. The van der Waals surface area contributed by atoms with Gasteiger partial charge in [-0.15, -0.1) is 0 Å². The number of aliphatic hydroxyl groups excluding tert-OH is 2. The molecule has 400 valence electrons. The van der Waals surface area contributed by atoms with Crippen LogP contribution < -0.4 is 20.7 Å². The van der Waals surface area contributed by atoms with E-state index >= 15 is 0 Å². The van der Waals surface area contributed by atoms with Crippen LogP contribution in [0.2, 0.25) is 0 Å². The Morgan fingerprint density at radius 1 is 0.563 bits per heavy atom. The van der Waals surface area contributed by atoms with Crippen molar-refractivity contribution in [2.75, 3.05) is 0 Å². The smallest absolute Gasteiger partial charge is 0.490 e. The molecule has 0 radical (unpaired) electrons. The zero-order chi connectivity index (χ0) is 53.0. The third-order valence-corrected chi connectivity index (χ3v) is 14.2. The number of aliphatic hydroxyl groups is 2. The van der Waals surface area contributed by atoms with Crippen LogP contribution in [-0.4, -0.2) is 93.7 Å². The number of carbonyl (C=O) groups is 3. The van der Waals surface area contributed by atoms with Crippen molar-refractivity contribution in [1.82, 2.24) is 0 Å². The standard InChI is InChI=1S/C23H35BO5.C17H23BrO3.C11H20O3.C5H11NO/c1-21(2,3)27-20(25)15-16-9-8-10-19(16)26-18-13-11-17(12-14-18)24-28-22(4,5)23(6,7)29-24;1-17(2,3)21-16(19)11-12-5-4-6-15(12)20-14-9-7-13(18)8-10-14;1-11(2,3)14-10(13)7-8-5-4-6-9(8)12;6-4-2-1-3-5(4)7/h11-14,16,19H,8-10,15H2,1-7H3;7-10,12,15H,4-6,11H2,1-3H3;8-9,12H,4-7H2,1-3H3;4-5,7H,1-3,6H2. The van der Waals surface area contributed by atoms with Crippen LogP contribution in [0.1, 0.15) is 186 Å². The van der Waals surface area contributed by atoms with E-state index in [1.54, 1.807) is 0 Å². The summed E-state index contributed by atoms with van der Waals surface area (Å²) in [5.41, 5.74) is 4.41. The zero-order valence-corrected chi connectivity index (χ0v) is 46.9. The molecule has 2 aromatic carbocycles. The van der Waals surface area contributed by atoms with Gasteiger partial charge in [0.25, 0.3) is 0 Å². The van der Waals surface area contributed by atoms with Gasteiger partial charge in [-0.25, -0.2) is 0 Å². The summed E-state index contributed by atoms with van der Waals surface area (Å²) < 4.78 is 41.6. The van der Waals surface area contributed by atoms with Crippen molar-refractivity contribution in [1.29, 1.82) is 0 Å².